The highest BCUT2D eigenvalue weighted by Gasteiger charge is 2.29. The van der Waals surface area contributed by atoms with E-state index in [-0.39, 0.29) is 0 Å². The Labute approximate surface area is 134 Å². The van der Waals surface area contributed by atoms with Crippen molar-refractivity contribution in [1.82, 2.24) is 25.5 Å². The zero-order chi connectivity index (χ0) is 16.9. The maximum Gasteiger partial charge on any atom is 0.405 e. The van der Waals surface area contributed by atoms with Crippen LogP contribution in [0.25, 0.3) is 0 Å². The molecule has 1 aromatic carbocycles. The molecule has 0 fully saturated rings. The first-order valence-electron chi connectivity index (χ1n) is 6.66. The van der Waals surface area contributed by atoms with Gasteiger partial charge in [-0.25, -0.2) is 4.68 Å². The Morgan fingerprint density at radius 1 is 1.35 bits per heavy atom. The van der Waals surface area contributed by atoms with E-state index in [4.69, 9.17) is 0 Å². The number of carbonyl (C=O) groups excluding carboxylic acids is 1. The van der Waals surface area contributed by atoms with Gasteiger partial charge < -0.3 is 5.32 Å². The molecule has 23 heavy (non-hydrogen) atoms. The van der Waals surface area contributed by atoms with Gasteiger partial charge in [0.15, 0.2) is 0 Å². The maximum atomic E-state index is 12.1. The molecule has 1 heterocycles. The lowest BCUT2D eigenvalue weighted by atomic mass is 10.2. The highest BCUT2D eigenvalue weighted by Crippen LogP contribution is 2.21. The van der Waals surface area contributed by atoms with Crippen LogP contribution in [0.4, 0.5) is 13.2 Å². The number of hydrogen-bond donors (Lipinski definition) is 1. The molecule has 0 aliphatic rings. The highest BCUT2D eigenvalue weighted by molar-refractivity contribution is 8.00. The Balaban J connectivity index is 1.95. The van der Waals surface area contributed by atoms with Crippen LogP contribution in [-0.4, -0.2) is 44.1 Å². The summed E-state index contributed by atoms with van der Waals surface area (Å²) in [7, 11) is 0. The third kappa shape index (κ3) is 5.55. The molecule has 1 atom stereocenters. The van der Waals surface area contributed by atoms with Crippen molar-refractivity contribution < 1.29 is 18.0 Å². The molecule has 6 nitrogen and oxygen atoms in total. The summed E-state index contributed by atoms with van der Waals surface area (Å²) < 4.78 is 37.8. The van der Waals surface area contributed by atoms with Gasteiger partial charge in [-0.05, 0) is 22.9 Å². The molecule has 2 rings (SSSR count). The minimum Gasteiger partial charge on any atom is -0.346 e. The molecule has 0 spiro atoms. The number of aromatic nitrogens is 4. The van der Waals surface area contributed by atoms with Crippen molar-refractivity contribution >= 4 is 17.7 Å². The van der Waals surface area contributed by atoms with E-state index in [0.29, 0.717) is 11.7 Å². The quantitative estimate of drug-likeness (QED) is 0.810. The zero-order valence-electron chi connectivity index (χ0n) is 12.1. The summed E-state index contributed by atoms with van der Waals surface area (Å²) in [6.45, 7) is 0.552. The van der Waals surface area contributed by atoms with Gasteiger partial charge in [0.05, 0.1) is 11.8 Å². The van der Waals surface area contributed by atoms with E-state index in [1.165, 1.54) is 11.6 Å². The van der Waals surface area contributed by atoms with Crippen molar-refractivity contribution in [1.29, 1.82) is 0 Å². The number of amides is 1. The molecule has 0 saturated carbocycles. The van der Waals surface area contributed by atoms with Gasteiger partial charge in [-0.2, -0.15) is 13.2 Å². The van der Waals surface area contributed by atoms with Crippen LogP contribution in [0.2, 0.25) is 0 Å². The second-order valence-electron chi connectivity index (χ2n) is 4.70. The normalized spacial score (nSPS) is 12.9. The van der Waals surface area contributed by atoms with E-state index in [1.807, 2.05) is 35.6 Å². The van der Waals surface area contributed by atoms with E-state index >= 15 is 0 Å². The van der Waals surface area contributed by atoms with Gasteiger partial charge in [-0.15, -0.1) is 5.10 Å². The number of alkyl halides is 3. The molecule has 1 amide bonds. The third-order valence-electron chi connectivity index (χ3n) is 2.79. The number of benzene rings is 1. The fourth-order valence-corrected chi connectivity index (χ4v) is 2.49. The molecule has 2 aromatic rings. The fraction of sp³-hybridized carbons (Fsp3) is 0.385. The van der Waals surface area contributed by atoms with Crippen LogP contribution in [0.15, 0.2) is 35.5 Å². The lowest BCUT2D eigenvalue weighted by molar-refractivity contribution is -0.137. The Kier molecular flexibility index (Phi) is 5.59. The smallest absolute Gasteiger partial charge is 0.346 e. The summed E-state index contributed by atoms with van der Waals surface area (Å²) in [4.78, 5) is 11.7. The van der Waals surface area contributed by atoms with Crippen LogP contribution in [0, 0.1) is 0 Å². The number of rotatable bonds is 6. The van der Waals surface area contributed by atoms with Crippen molar-refractivity contribution in [2.45, 2.75) is 30.1 Å². The van der Waals surface area contributed by atoms with Gasteiger partial charge in [-0.3, -0.25) is 4.79 Å². The summed E-state index contributed by atoms with van der Waals surface area (Å²) in [5.74, 6) is -0.721. The monoisotopic (exact) mass is 345 g/mol. The van der Waals surface area contributed by atoms with Gasteiger partial charge in [0.2, 0.25) is 11.1 Å². The lowest BCUT2D eigenvalue weighted by Gasteiger charge is -2.13. The fourth-order valence-electron chi connectivity index (χ4n) is 1.68. The first-order chi connectivity index (χ1) is 10.8. The standard InChI is InChI=1S/C13H14F3N5OS/c1-9(11(22)17-8-13(14,15)16)23-12-18-19-20-21(12)7-10-5-3-2-4-6-10/h2-6,9H,7-8H2,1H3,(H,17,22). The zero-order valence-corrected chi connectivity index (χ0v) is 12.9. The molecule has 1 unspecified atom stereocenters. The van der Waals surface area contributed by atoms with Gasteiger partial charge in [-0.1, -0.05) is 42.1 Å². The van der Waals surface area contributed by atoms with E-state index in [2.05, 4.69) is 15.5 Å². The molecule has 124 valence electrons. The average molecular weight is 345 g/mol. The molecular weight excluding hydrogens is 331 g/mol. The molecule has 10 heteroatoms. The SMILES string of the molecule is CC(Sc1nnnn1Cc1ccccc1)C(=O)NCC(F)(F)F. The van der Waals surface area contributed by atoms with Crippen LogP contribution in [-0.2, 0) is 11.3 Å². The van der Waals surface area contributed by atoms with Gasteiger partial charge in [0, 0.05) is 0 Å². The first-order valence-corrected chi connectivity index (χ1v) is 7.54. The van der Waals surface area contributed by atoms with Crippen LogP contribution in [0.1, 0.15) is 12.5 Å². The van der Waals surface area contributed by atoms with Crippen LogP contribution in [0.5, 0.6) is 0 Å². The Morgan fingerprint density at radius 2 is 2.04 bits per heavy atom. The van der Waals surface area contributed by atoms with Gasteiger partial charge in [0.25, 0.3) is 0 Å². The summed E-state index contributed by atoms with van der Waals surface area (Å²) in [5.41, 5.74) is 0.968. The second-order valence-corrected chi connectivity index (χ2v) is 6.01. The largest absolute Gasteiger partial charge is 0.405 e. The number of halogens is 3. The summed E-state index contributed by atoms with van der Waals surface area (Å²) in [6, 6.07) is 9.43. The number of nitrogens with zero attached hydrogens (tertiary/aromatic N) is 4. The van der Waals surface area contributed by atoms with E-state index in [1.54, 1.807) is 0 Å². The van der Waals surface area contributed by atoms with Crippen molar-refractivity contribution in [3.05, 3.63) is 35.9 Å². The van der Waals surface area contributed by atoms with E-state index < -0.39 is 23.9 Å². The lowest BCUT2D eigenvalue weighted by Crippen LogP contribution is -2.38. The number of nitrogens with one attached hydrogen (secondary N) is 1. The number of thioether (sulfide) groups is 1. The van der Waals surface area contributed by atoms with Crippen LogP contribution >= 0.6 is 11.8 Å². The Morgan fingerprint density at radius 3 is 2.70 bits per heavy atom. The minimum atomic E-state index is -4.44. The molecule has 0 bridgehead atoms. The Hall–Kier alpha value is -2.10. The van der Waals surface area contributed by atoms with E-state index in [0.717, 1.165) is 17.3 Å². The number of tetrazole rings is 1. The van der Waals surface area contributed by atoms with E-state index in [9.17, 15) is 18.0 Å². The minimum absolute atomic E-state index is 0.364. The average Bonchev–Trinajstić information content (AvgIpc) is 2.92. The Bertz CT molecular complexity index is 647. The van der Waals surface area contributed by atoms with Crippen molar-refractivity contribution in [2.24, 2.45) is 0 Å². The van der Waals surface area contributed by atoms with Crippen molar-refractivity contribution in [3.63, 3.8) is 0 Å². The number of carbonyl (C=O) groups is 1. The van der Waals surface area contributed by atoms with Gasteiger partial charge >= 0.3 is 6.18 Å². The predicted molar refractivity (Wildman–Crippen MR) is 77.7 cm³/mol. The molecule has 1 aromatic heterocycles. The van der Waals surface area contributed by atoms with Gasteiger partial charge in [0.1, 0.15) is 6.54 Å². The molecule has 0 saturated heterocycles. The molecule has 0 aliphatic heterocycles. The molecule has 0 aliphatic carbocycles. The highest BCUT2D eigenvalue weighted by atomic mass is 32.2. The number of hydrogen-bond acceptors (Lipinski definition) is 5. The third-order valence-corrected chi connectivity index (χ3v) is 3.86. The topological polar surface area (TPSA) is 72.7 Å². The molecule has 0 radical (unpaired) electrons. The second kappa shape index (κ2) is 7.44. The maximum absolute atomic E-state index is 12.1. The first kappa shape index (κ1) is 17.3. The molecule has 1 N–H and O–H groups in total. The van der Waals surface area contributed by atoms with Crippen LogP contribution in [0.3, 0.4) is 0 Å². The summed E-state index contributed by atoms with van der Waals surface area (Å²) >= 11 is 1.00. The predicted octanol–water partition coefficient (Wildman–Crippen LogP) is 1.88. The summed E-state index contributed by atoms with van der Waals surface area (Å²) in [5, 5.41) is 12.6. The summed E-state index contributed by atoms with van der Waals surface area (Å²) in [6.07, 6.45) is -4.44. The molecular formula is C13H14F3N5OS. The van der Waals surface area contributed by atoms with Crippen LogP contribution < -0.4 is 5.32 Å². The van der Waals surface area contributed by atoms with Crippen molar-refractivity contribution in [3.8, 4) is 0 Å². The van der Waals surface area contributed by atoms with Crippen molar-refractivity contribution in [2.75, 3.05) is 6.54 Å².